The van der Waals surface area contributed by atoms with Crippen molar-refractivity contribution in [2.45, 2.75) is 3.54 Å². The van der Waals surface area contributed by atoms with Crippen LogP contribution in [0.1, 0.15) is 0 Å². The van der Waals surface area contributed by atoms with Crippen LogP contribution in [0.2, 0.25) is 0 Å². The zero-order chi connectivity index (χ0) is 14.3. The lowest BCUT2D eigenvalue weighted by Gasteiger charge is -2.20. The Hall–Kier alpha value is -1.09. The second-order valence-electron chi connectivity index (χ2n) is 2.36. The Kier molecular flexibility index (Phi) is 3.73. The fraction of sp³-hybridized carbons (Fsp3) is 0.500. The lowest BCUT2D eigenvalue weighted by molar-refractivity contribution is 0.247. The van der Waals surface area contributed by atoms with Crippen LogP contribution in [0.15, 0.2) is 0 Å². The van der Waals surface area contributed by atoms with Crippen molar-refractivity contribution >= 4 is 36.7 Å². The molecular formula is C2H3F3N2O7S3. The van der Waals surface area contributed by atoms with Crippen molar-refractivity contribution in [2.75, 3.05) is 0 Å². The molecule has 0 rings (SSSR count). The van der Waals surface area contributed by atoms with E-state index in [-0.39, 0.29) is 5.32 Å². The van der Waals surface area contributed by atoms with Gasteiger partial charge in [-0.1, -0.05) is 0 Å². The van der Waals surface area contributed by atoms with Crippen LogP contribution in [0, 0.1) is 0 Å². The van der Waals surface area contributed by atoms with Crippen LogP contribution < -0.4 is 11.1 Å². The summed E-state index contributed by atoms with van der Waals surface area (Å²) >= 11 is 0. The van der Waals surface area contributed by atoms with Crippen molar-refractivity contribution in [1.29, 1.82) is 0 Å². The van der Waals surface area contributed by atoms with Gasteiger partial charge in [0.1, 0.15) is 0 Å². The van der Waals surface area contributed by atoms with Crippen molar-refractivity contribution in [1.82, 2.24) is 5.32 Å². The second-order valence-corrected chi connectivity index (χ2v) is 7.60. The number of amides is 2. The predicted octanol–water partition coefficient (Wildman–Crippen LogP) is -1.84. The molecule has 0 aliphatic heterocycles. The van der Waals surface area contributed by atoms with Gasteiger partial charge in [0.15, 0.2) is 0 Å². The highest BCUT2D eigenvalue weighted by Gasteiger charge is 2.70. The Balaban J connectivity index is 6.69. The summed E-state index contributed by atoms with van der Waals surface area (Å²) < 4.78 is 93.9. The lowest BCUT2D eigenvalue weighted by Crippen LogP contribution is -2.62. The highest BCUT2D eigenvalue weighted by atomic mass is 32.4. The molecule has 0 unspecified atom stereocenters. The second kappa shape index (κ2) is 3.98. The van der Waals surface area contributed by atoms with Crippen LogP contribution in [0.5, 0.6) is 0 Å². The maximum atomic E-state index is 12.5. The molecule has 0 radical (unpaired) electrons. The molecule has 0 aliphatic carbocycles. The van der Waals surface area contributed by atoms with Gasteiger partial charge >= 0.3 is 40.2 Å². The molecule has 3 N–H and O–H groups in total. The van der Waals surface area contributed by atoms with Crippen molar-refractivity contribution in [3.05, 3.63) is 0 Å². The highest BCUT2D eigenvalue weighted by Crippen LogP contribution is 2.32. The van der Waals surface area contributed by atoms with Gasteiger partial charge in [-0.2, -0.15) is 25.3 Å². The molecule has 0 heterocycles. The van der Waals surface area contributed by atoms with E-state index >= 15 is 0 Å². The topological polar surface area (TPSA) is 158 Å². The first-order valence-corrected chi connectivity index (χ1v) is 7.22. The molecule has 0 bridgehead atoms. The number of urea groups is 1. The summed E-state index contributed by atoms with van der Waals surface area (Å²) in [6, 6.07) is -2.31. The average Bonchev–Trinajstić information content (AvgIpc) is 1.91. The number of nitrogens with one attached hydrogen (secondary N) is 1. The fourth-order valence-corrected chi connectivity index (χ4v) is 4.21. The number of rotatable bonds is 4. The molecule has 17 heavy (non-hydrogen) atoms. The van der Waals surface area contributed by atoms with E-state index in [1.54, 1.807) is 0 Å². The first-order chi connectivity index (χ1) is 7.17. The van der Waals surface area contributed by atoms with Gasteiger partial charge in [0.25, 0.3) is 0 Å². The van der Waals surface area contributed by atoms with Gasteiger partial charge < -0.3 is 5.73 Å². The molecule has 0 saturated carbocycles. The Bertz CT molecular complexity index is 553. The van der Waals surface area contributed by atoms with E-state index in [2.05, 4.69) is 5.73 Å². The molecule has 0 spiro atoms. The first-order valence-electron chi connectivity index (χ1n) is 3.07. The summed E-state index contributed by atoms with van der Waals surface area (Å²) in [6.45, 7) is 0. The largest absolute Gasteiger partial charge is 0.433 e. The number of hydrogen-bond donors (Lipinski definition) is 2. The maximum absolute atomic E-state index is 12.5. The Labute approximate surface area is 93.4 Å². The van der Waals surface area contributed by atoms with Gasteiger partial charge in [-0.3, -0.25) is 5.32 Å². The molecule has 0 aromatic heterocycles. The summed E-state index contributed by atoms with van der Waals surface area (Å²) in [5, 5.41) is 0.163. The van der Waals surface area contributed by atoms with E-state index in [9.17, 15) is 41.7 Å². The number of nitrogens with two attached hydrogens (primary N) is 1. The summed E-state index contributed by atoms with van der Waals surface area (Å²) in [6.07, 6.45) is 0. The number of hydrogen-bond acceptors (Lipinski definition) is 7. The highest BCUT2D eigenvalue weighted by molar-refractivity contribution is 8.21. The first kappa shape index (κ1) is 15.9. The molecule has 0 aromatic rings. The van der Waals surface area contributed by atoms with Crippen LogP contribution in [0.25, 0.3) is 0 Å². The quantitative estimate of drug-likeness (QED) is 0.576. The van der Waals surface area contributed by atoms with Gasteiger partial charge in [0.2, 0.25) is 0 Å². The third kappa shape index (κ3) is 2.60. The smallest absolute Gasteiger partial charge is 0.352 e. The zero-order valence-corrected chi connectivity index (χ0v) is 9.74. The third-order valence-electron chi connectivity index (χ3n) is 1.24. The van der Waals surface area contributed by atoms with Crippen molar-refractivity contribution < 1.29 is 41.7 Å². The summed E-state index contributed by atoms with van der Waals surface area (Å²) in [5.74, 6) is 0. The minimum Gasteiger partial charge on any atom is -0.352 e. The van der Waals surface area contributed by atoms with Crippen molar-refractivity contribution in [2.24, 2.45) is 5.73 Å². The maximum Gasteiger partial charge on any atom is 0.433 e. The van der Waals surface area contributed by atoms with E-state index in [1.165, 1.54) is 0 Å². The molecule has 0 atom stereocenters. The third-order valence-corrected chi connectivity index (χ3v) is 7.05. The number of primary amides is 1. The number of carbonyl (C=O) groups is 1. The van der Waals surface area contributed by atoms with E-state index in [0.29, 0.717) is 0 Å². The summed E-state index contributed by atoms with van der Waals surface area (Å²) in [7, 11) is -20.9. The lowest BCUT2D eigenvalue weighted by atomic mass is 11.0. The fourth-order valence-electron chi connectivity index (χ4n) is 0.690. The summed E-state index contributed by atoms with van der Waals surface area (Å²) in [5.41, 5.74) is 4.13. The molecule has 0 aromatic carbocycles. The van der Waals surface area contributed by atoms with Crippen molar-refractivity contribution in [3.8, 4) is 0 Å². The SMILES string of the molecule is NC(=O)NC(S(=O)(=O)F)(S(=O)(=O)F)S(=O)(=O)F. The molecule has 15 heteroatoms. The van der Waals surface area contributed by atoms with Crippen LogP contribution in [0.4, 0.5) is 16.5 Å². The van der Waals surface area contributed by atoms with Gasteiger partial charge in [0.05, 0.1) is 0 Å². The average molecular weight is 320 g/mol. The Morgan fingerprint density at radius 1 is 0.882 bits per heavy atom. The number of carbonyl (C=O) groups excluding carboxylic acids is 1. The van der Waals surface area contributed by atoms with Crippen LogP contribution >= 0.6 is 0 Å². The van der Waals surface area contributed by atoms with Gasteiger partial charge in [-0.25, -0.2) is 4.79 Å². The monoisotopic (exact) mass is 320 g/mol. The van der Waals surface area contributed by atoms with Crippen LogP contribution in [0.3, 0.4) is 0 Å². The Morgan fingerprint density at radius 3 is 1.18 bits per heavy atom. The van der Waals surface area contributed by atoms with Crippen molar-refractivity contribution in [3.63, 3.8) is 0 Å². The van der Waals surface area contributed by atoms with E-state index in [0.717, 1.165) is 0 Å². The standard InChI is InChI=1S/C2H3F3N2O7S3/c3-15(9,10)2(7-1(6)8,16(4,11)12)17(5,13)14/h(H3,6,7,8). The minimum atomic E-state index is -6.97. The van der Waals surface area contributed by atoms with Gasteiger partial charge in [-0.15, -0.1) is 11.7 Å². The van der Waals surface area contributed by atoms with E-state index < -0.39 is 40.2 Å². The molecule has 0 fully saturated rings. The van der Waals surface area contributed by atoms with Gasteiger partial charge in [0, 0.05) is 0 Å². The molecule has 0 saturated heterocycles. The molecule has 102 valence electrons. The normalized spacial score (nSPS) is 14.3. The Morgan fingerprint density at radius 2 is 1.12 bits per heavy atom. The predicted molar refractivity (Wildman–Crippen MR) is 45.5 cm³/mol. The van der Waals surface area contributed by atoms with Crippen LogP contribution in [-0.4, -0.2) is 34.8 Å². The minimum absolute atomic E-state index is 0.163. The van der Waals surface area contributed by atoms with E-state index in [1.807, 2.05) is 0 Å². The van der Waals surface area contributed by atoms with E-state index in [4.69, 9.17) is 0 Å². The molecular weight excluding hydrogens is 317 g/mol. The van der Waals surface area contributed by atoms with Crippen LogP contribution in [-0.2, 0) is 30.7 Å². The number of halogens is 3. The molecule has 0 aliphatic rings. The van der Waals surface area contributed by atoms with Gasteiger partial charge in [-0.05, 0) is 0 Å². The summed E-state index contributed by atoms with van der Waals surface area (Å²) in [4.78, 5) is 10.2. The zero-order valence-electron chi connectivity index (χ0n) is 7.29. The molecule has 9 nitrogen and oxygen atoms in total. The molecule has 2 amide bonds.